The van der Waals surface area contributed by atoms with Crippen LogP contribution in [0.4, 0.5) is 4.79 Å². The molecule has 2 fully saturated rings. The molecule has 1 aliphatic heterocycles. The highest BCUT2D eigenvalue weighted by Crippen LogP contribution is 2.39. The van der Waals surface area contributed by atoms with Crippen molar-refractivity contribution in [2.24, 2.45) is 5.73 Å². The second-order valence-corrected chi connectivity index (χ2v) is 4.54. The Bertz CT molecular complexity index is 240. The molecular weight excluding hydrogens is 180 g/mol. The van der Waals surface area contributed by atoms with Crippen molar-refractivity contribution in [1.82, 2.24) is 4.90 Å². The zero-order valence-electron chi connectivity index (χ0n) is 8.66. The number of hydrogen-bond acceptors (Lipinski definition) is 3. The number of cyclic esters (lactones) is 1. The van der Waals surface area contributed by atoms with Crippen LogP contribution in [0.3, 0.4) is 0 Å². The number of carbonyl (C=O) groups is 1. The van der Waals surface area contributed by atoms with Crippen molar-refractivity contribution >= 4 is 6.09 Å². The molecule has 2 N–H and O–H groups in total. The average Bonchev–Trinajstić information content (AvgIpc) is 2.93. The Hall–Kier alpha value is -0.770. The van der Waals surface area contributed by atoms with Crippen LogP contribution in [-0.4, -0.2) is 35.7 Å². The average molecular weight is 198 g/mol. The van der Waals surface area contributed by atoms with Crippen LogP contribution in [0.1, 0.15) is 32.6 Å². The first kappa shape index (κ1) is 9.77. The van der Waals surface area contributed by atoms with Crippen molar-refractivity contribution in [3.63, 3.8) is 0 Å². The zero-order valence-corrected chi connectivity index (χ0v) is 8.66. The Morgan fingerprint density at radius 2 is 2.36 bits per heavy atom. The Labute approximate surface area is 84.4 Å². The fourth-order valence-corrected chi connectivity index (χ4v) is 2.17. The summed E-state index contributed by atoms with van der Waals surface area (Å²) in [7, 11) is 0. The molecule has 1 amide bonds. The van der Waals surface area contributed by atoms with Crippen molar-refractivity contribution < 1.29 is 9.53 Å². The van der Waals surface area contributed by atoms with Gasteiger partial charge in [-0.05, 0) is 39.2 Å². The molecule has 4 nitrogen and oxygen atoms in total. The summed E-state index contributed by atoms with van der Waals surface area (Å²) < 4.78 is 5.13. The fourth-order valence-electron chi connectivity index (χ4n) is 2.17. The van der Waals surface area contributed by atoms with Gasteiger partial charge in [0.25, 0.3) is 0 Å². The van der Waals surface area contributed by atoms with Crippen LogP contribution in [0.25, 0.3) is 0 Å². The van der Waals surface area contributed by atoms with E-state index in [0.717, 1.165) is 25.7 Å². The fraction of sp³-hybridized carbons (Fsp3) is 0.900. The van der Waals surface area contributed by atoms with Gasteiger partial charge in [0.05, 0.1) is 5.54 Å². The molecule has 1 atom stereocenters. The molecule has 2 rings (SSSR count). The summed E-state index contributed by atoms with van der Waals surface area (Å²) in [6, 6.07) is 0.438. The van der Waals surface area contributed by atoms with Crippen LogP contribution < -0.4 is 5.73 Å². The van der Waals surface area contributed by atoms with Crippen molar-refractivity contribution in [3.8, 4) is 0 Å². The van der Waals surface area contributed by atoms with Gasteiger partial charge in [0.15, 0.2) is 0 Å². The number of rotatable bonds is 4. The van der Waals surface area contributed by atoms with Gasteiger partial charge in [0, 0.05) is 6.04 Å². The zero-order chi connectivity index (χ0) is 10.2. The molecule has 0 aromatic rings. The van der Waals surface area contributed by atoms with E-state index in [2.05, 4.69) is 6.92 Å². The number of amides is 1. The highest BCUT2D eigenvalue weighted by Gasteiger charge is 2.49. The van der Waals surface area contributed by atoms with E-state index in [9.17, 15) is 4.79 Å². The normalized spacial score (nSPS) is 32.1. The van der Waals surface area contributed by atoms with Crippen LogP contribution in [-0.2, 0) is 4.74 Å². The third kappa shape index (κ3) is 1.59. The standard InChI is InChI=1S/C10H18N2O2/c1-10(5-2-6-11)7-14-9(13)12(10)8-3-4-8/h8H,2-7,11H2,1H3. The molecule has 0 spiro atoms. The summed E-state index contributed by atoms with van der Waals surface area (Å²) in [5, 5.41) is 0. The Morgan fingerprint density at radius 1 is 1.64 bits per heavy atom. The quantitative estimate of drug-likeness (QED) is 0.736. The van der Waals surface area contributed by atoms with E-state index in [1.165, 1.54) is 0 Å². The monoisotopic (exact) mass is 198 g/mol. The highest BCUT2D eigenvalue weighted by molar-refractivity contribution is 5.72. The SMILES string of the molecule is CC1(CCCN)COC(=O)N1C1CC1. The molecule has 2 aliphatic rings. The van der Waals surface area contributed by atoms with Gasteiger partial charge in [-0.25, -0.2) is 4.79 Å². The Balaban J connectivity index is 2.04. The summed E-state index contributed by atoms with van der Waals surface area (Å²) in [4.78, 5) is 13.4. The minimum atomic E-state index is -0.132. The van der Waals surface area contributed by atoms with E-state index in [4.69, 9.17) is 10.5 Å². The number of ether oxygens (including phenoxy) is 1. The van der Waals surface area contributed by atoms with Crippen molar-refractivity contribution in [2.75, 3.05) is 13.2 Å². The minimum Gasteiger partial charge on any atom is -0.447 e. The van der Waals surface area contributed by atoms with Gasteiger partial charge in [-0.2, -0.15) is 0 Å². The van der Waals surface area contributed by atoms with Crippen LogP contribution in [0, 0.1) is 0 Å². The Kier molecular flexibility index (Phi) is 2.39. The van der Waals surface area contributed by atoms with E-state index < -0.39 is 0 Å². The predicted molar refractivity (Wildman–Crippen MR) is 52.9 cm³/mol. The van der Waals surface area contributed by atoms with E-state index in [0.29, 0.717) is 19.2 Å². The molecule has 1 saturated heterocycles. The maximum absolute atomic E-state index is 11.5. The molecule has 0 bridgehead atoms. The lowest BCUT2D eigenvalue weighted by molar-refractivity contribution is 0.146. The summed E-state index contributed by atoms with van der Waals surface area (Å²) in [6.07, 6.45) is 4.04. The molecule has 0 aromatic carbocycles. The lowest BCUT2D eigenvalue weighted by atomic mass is 9.95. The Morgan fingerprint density at radius 3 is 2.93 bits per heavy atom. The first-order valence-electron chi connectivity index (χ1n) is 5.33. The van der Waals surface area contributed by atoms with E-state index in [1.807, 2.05) is 4.90 Å². The largest absolute Gasteiger partial charge is 0.447 e. The molecule has 0 aromatic heterocycles. The van der Waals surface area contributed by atoms with Crippen LogP contribution in [0.5, 0.6) is 0 Å². The molecule has 4 heteroatoms. The van der Waals surface area contributed by atoms with Gasteiger partial charge >= 0.3 is 6.09 Å². The second kappa shape index (κ2) is 3.42. The molecule has 1 saturated carbocycles. The van der Waals surface area contributed by atoms with Gasteiger partial charge in [-0.15, -0.1) is 0 Å². The van der Waals surface area contributed by atoms with Crippen LogP contribution >= 0.6 is 0 Å². The highest BCUT2D eigenvalue weighted by atomic mass is 16.6. The van der Waals surface area contributed by atoms with Crippen molar-refractivity contribution in [3.05, 3.63) is 0 Å². The van der Waals surface area contributed by atoms with Gasteiger partial charge in [-0.3, -0.25) is 4.90 Å². The maximum atomic E-state index is 11.5. The van der Waals surface area contributed by atoms with E-state index >= 15 is 0 Å². The summed E-state index contributed by atoms with van der Waals surface area (Å²) in [5.41, 5.74) is 5.39. The predicted octanol–water partition coefficient (Wildman–Crippen LogP) is 1.10. The minimum absolute atomic E-state index is 0.0996. The third-order valence-corrected chi connectivity index (χ3v) is 3.12. The summed E-state index contributed by atoms with van der Waals surface area (Å²) in [6.45, 7) is 3.32. The topological polar surface area (TPSA) is 55.6 Å². The molecular formula is C10H18N2O2. The van der Waals surface area contributed by atoms with Gasteiger partial charge < -0.3 is 10.5 Å². The molecule has 80 valence electrons. The van der Waals surface area contributed by atoms with Crippen LogP contribution in [0.2, 0.25) is 0 Å². The molecule has 1 heterocycles. The van der Waals surface area contributed by atoms with Crippen molar-refractivity contribution in [2.45, 2.75) is 44.2 Å². The van der Waals surface area contributed by atoms with Gasteiger partial charge in [0.1, 0.15) is 6.61 Å². The number of hydrogen-bond donors (Lipinski definition) is 1. The molecule has 14 heavy (non-hydrogen) atoms. The maximum Gasteiger partial charge on any atom is 0.410 e. The van der Waals surface area contributed by atoms with Gasteiger partial charge in [-0.1, -0.05) is 0 Å². The lowest BCUT2D eigenvalue weighted by Crippen LogP contribution is -2.46. The van der Waals surface area contributed by atoms with Crippen molar-refractivity contribution in [1.29, 1.82) is 0 Å². The molecule has 0 radical (unpaired) electrons. The number of carbonyl (C=O) groups excluding carboxylic acids is 1. The first-order chi connectivity index (χ1) is 6.67. The molecule has 1 aliphatic carbocycles. The second-order valence-electron chi connectivity index (χ2n) is 4.54. The smallest absolute Gasteiger partial charge is 0.410 e. The number of nitrogens with two attached hydrogens (primary N) is 1. The van der Waals surface area contributed by atoms with E-state index in [1.54, 1.807) is 0 Å². The summed E-state index contributed by atoms with van der Waals surface area (Å²) in [5.74, 6) is 0. The lowest BCUT2D eigenvalue weighted by Gasteiger charge is -2.31. The molecule has 1 unspecified atom stereocenters. The van der Waals surface area contributed by atoms with Gasteiger partial charge in [0.2, 0.25) is 0 Å². The number of nitrogens with zero attached hydrogens (tertiary/aromatic N) is 1. The third-order valence-electron chi connectivity index (χ3n) is 3.12. The first-order valence-corrected chi connectivity index (χ1v) is 5.33. The van der Waals surface area contributed by atoms with E-state index in [-0.39, 0.29) is 11.6 Å². The summed E-state index contributed by atoms with van der Waals surface area (Å²) >= 11 is 0. The van der Waals surface area contributed by atoms with Crippen LogP contribution in [0.15, 0.2) is 0 Å².